The summed E-state index contributed by atoms with van der Waals surface area (Å²) in [5.41, 5.74) is 18.0. The summed E-state index contributed by atoms with van der Waals surface area (Å²) in [6.45, 7) is 0. The van der Waals surface area contributed by atoms with Gasteiger partial charge in [-0.2, -0.15) is 0 Å². The Bertz CT molecular complexity index is 4260. The van der Waals surface area contributed by atoms with E-state index in [-0.39, 0.29) is 0 Å². The number of anilines is 3. The Morgan fingerprint density at radius 2 is 0.718 bits per heavy atom. The first-order valence-corrected chi connectivity index (χ1v) is 24.3. The Kier molecular flexibility index (Phi) is 9.53. The summed E-state index contributed by atoms with van der Waals surface area (Å²) in [6.07, 6.45) is 0. The van der Waals surface area contributed by atoms with Crippen LogP contribution in [0.4, 0.5) is 17.1 Å². The first-order valence-electron chi connectivity index (χ1n) is 24.3. The lowest BCUT2D eigenvalue weighted by atomic mass is 9.93. The average Bonchev–Trinajstić information content (AvgIpc) is 3.99. The zero-order valence-corrected chi connectivity index (χ0v) is 38.7. The summed E-state index contributed by atoms with van der Waals surface area (Å²) in [6, 6.07) is 96.7. The lowest BCUT2D eigenvalue weighted by Gasteiger charge is -2.26. The third kappa shape index (κ3) is 6.97. The van der Waals surface area contributed by atoms with Gasteiger partial charge in [-0.3, -0.25) is 0 Å². The van der Waals surface area contributed by atoms with Crippen LogP contribution in [0.5, 0.6) is 0 Å². The molecule has 0 aliphatic carbocycles. The van der Waals surface area contributed by atoms with E-state index in [0.717, 1.165) is 61.4 Å². The lowest BCUT2D eigenvalue weighted by Crippen LogP contribution is -2.09. The van der Waals surface area contributed by atoms with Gasteiger partial charge in [-0.15, -0.1) is 0 Å². The second-order valence-electron chi connectivity index (χ2n) is 18.5. The minimum atomic E-state index is 0.896. The van der Waals surface area contributed by atoms with Crippen LogP contribution in [0.25, 0.3) is 115 Å². The Morgan fingerprint density at radius 1 is 0.268 bits per heavy atom. The van der Waals surface area contributed by atoms with E-state index >= 15 is 0 Å². The molecular formula is C68H44N2O. The van der Waals surface area contributed by atoms with Crippen LogP contribution in [0.2, 0.25) is 0 Å². The molecule has 12 aromatic carbocycles. The van der Waals surface area contributed by atoms with Crippen molar-refractivity contribution in [3.63, 3.8) is 0 Å². The van der Waals surface area contributed by atoms with E-state index in [2.05, 4.69) is 264 Å². The monoisotopic (exact) mass is 904 g/mol. The summed E-state index contributed by atoms with van der Waals surface area (Å²) in [5, 5.41) is 9.84. The van der Waals surface area contributed by atoms with E-state index in [0.29, 0.717) is 0 Å². The van der Waals surface area contributed by atoms with Gasteiger partial charge in [0.05, 0.1) is 11.0 Å². The molecule has 0 radical (unpaired) electrons. The molecule has 14 rings (SSSR count). The molecule has 3 heteroatoms. The Morgan fingerprint density at radius 3 is 1.34 bits per heavy atom. The van der Waals surface area contributed by atoms with Crippen LogP contribution in [-0.4, -0.2) is 4.57 Å². The molecule has 332 valence electrons. The third-order valence-corrected chi connectivity index (χ3v) is 14.4. The zero-order chi connectivity index (χ0) is 46.8. The lowest BCUT2D eigenvalue weighted by molar-refractivity contribution is 0.669. The number of furan rings is 1. The molecule has 0 amide bonds. The van der Waals surface area contributed by atoms with Crippen LogP contribution in [0, 0.1) is 0 Å². The molecule has 0 fully saturated rings. The summed E-state index contributed by atoms with van der Waals surface area (Å²) in [7, 11) is 0. The highest BCUT2D eigenvalue weighted by Crippen LogP contribution is 2.41. The van der Waals surface area contributed by atoms with Crippen molar-refractivity contribution >= 4 is 82.4 Å². The molecule has 71 heavy (non-hydrogen) atoms. The highest BCUT2D eigenvalue weighted by molar-refractivity contribution is 6.14. The molecule has 0 saturated carbocycles. The SMILES string of the molecule is c1cc(-c2ccc(N(c3ccc(-c4ccc5c(c4)oc4ccccc45)cc3)c3ccc(-c4cc5ccccc5c5ccccc45)cc3)cc2)cc(-c2ccc(-n3c4ccccc4c4ccccc43)cc2)c1. The van der Waals surface area contributed by atoms with Crippen molar-refractivity contribution < 1.29 is 4.42 Å². The molecule has 2 heterocycles. The van der Waals surface area contributed by atoms with Gasteiger partial charge in [-0.1, -0.05) is 176 Å². The number of fused-ring (bicyclic) bond motifs is 9. The second-order valence-corrected chi connectivity index (χ2v) is 18.5. The van der Waals surface area contributed by atoms with Crippen LogP contribution < -0.4 is 4.90 Å². The number of nitrogens with zero attached hydrogens (tertiary/aromatic N) is 2. The van der Waals surface area contributed by atoms with Gasteiger partial charge >= 0.3 is 0 Å². The third-order valence-electron chi connectivity index (χ3n) is 14.4. The first-order chi connectivity index (χ1) is 35.2. The zero-order valence-electron chi connectivity index (χ0n) is 38.7. The molecule has 14 aromatic rings. The van der Waals surface area contributed by atoms with Crippen LogP contribution in [0.3, 0.4) is 0 Å². The van der Waals surface area contributed by atoms with Gasteiger partial charge in [-0.05, 0) is 157 Å². The molecule has 0 N–H and O–H groups in total. The number of hydrogen-bond donors (Lipinski definition) is 0. The molecule has 3 nitrogen and oxygen atoms in total. The van der Waals surface area contributed by atoms with Crippen molar-refractivity contribution in [1.29, 1.82) is 0 Å². The van der Waals surface area contributed by atoms with Gasteiger partial charge in [0.25, 0.3) is 0 Å². The highest BCUT2D eigenvalue weighted by Gasteiger charge is 2.17. The number of para-hydroxylation sites is 3. The molecule has 0 atom stereocenters. The minimum absolute atomic E-state index is 0.896. The van der Waals surface area contributed by atoms with Crippen LogP contribution in [-0.2, 0) is 0 Å². The van der Waals surface area contributed by atoms with Crippen molar-refractivity contribution in [2.45, 2.75) is 0 Å². The van der Waals surface area contributed by atoms with E-state index in [9.17, 15) is 0 Å². The minimum Gasteiger partial charge on any atom is -0.456 e. The van der Waals surface area contributed by atoms with Gasteiger partial charge in [0.1, 0.15) is 11.2 Å². The fourth-order valence-corrected chi connectivity index (χ4v) is 10.9. The summed E-state index contributed by atoms with van der Waals surface area (Å²) >= 11 is 0. The van der Waals surface area contributed by atoms with E-state index in [4.69, 9.17) is 4.42 Å². The van der Waals surface area contributed by atoms with Gasteiger partial charge < -0.3 is 13.9 Å². The normalized spacial score (nSPS) is 11.7. The molecule has 0 unspecified atom stereocenters. The number of rotatable bonds is 8. The average molecular weight is 905 g/mol. The summed E-state index contributed by atoms with van der Waals surface area (Å²) in [5.74, 6) is 0. The topological polar surface area (TPSA) is 21.3 Å². The fourth-order valence-electron chi connectivity index (χ4n) is 10.9. The van der Waals surface area contributed by atoms with Crippen molar-refractivity contribution in [2.75, 3.05) is 4.90 Å². The molecule has 0 bridgehead atoms. The molecule has 0 saturated heterocycles. The van der Waals surface area contributed by atoms with E-state index < -0.39 is 0 Å². The molecule has 2 aromatic heterocycles. The van der Waals surface area contributed by atoms with Crippen LogP contribution in [0.15, 0.2) is 271 Å². The number of aromatic nitrogens is 1. The van der Waals surface area contributed by atoms with Crippen molar-refractivity contribution in [3.05, 3.63) is 267 Å². The number of hydrogen-bond acceptors (Lipinski definition) is 2. The van der Waals surface area contributed by atoms with Gasteiger partial charge in [0, 0.05) is 44.3 Å². The Hall–Kier alpha value is -9.44. The van der Waals surface area contributed by atoms with Crippen LogP contribution in [0.1, 0.15) is 0 Å². The van der Waals surface area contributed by atoms with E-state index in [1.54, 1.807) is 0 Å². The highest BCUT2D eigenvalue weighted by atomic mass is 16.3. The largest absolute Gasteiger partial charge is 0.456 e. The maximum absolute atomic E-state index is 6.28. The van der Waals surface area contributed by atoms with Crippen LogP contribution >= 0.6 is 0 Å². The van der Waals surface area contributed by atoms with Gasteiger partial charge in [-0.25, -0.2) is 0 Å². The van der Waals surface area contributed by atoms with E-state index in [1.165, 1.54) is 71.2 Å². The van der Waals surface area contributed by atoms with Gasteiger partial charge in [0.15, 0.2) is 0 Å². The Labute approximate surface area is 411 Å². The van der Waals surface area contributed by atoms with Crippen molar-refractivity contribution in [2.24, 2.45) is 0 Å². The predicted molar refractivity (Wildman–Crippen MR) is 299 cm³/mol. The fraction of sp³-hybridized carbons (Fsp3) is 0. The number of benzene rings is 12. The molecule has 0 aliphatic heterocycles. The van der Waals surface area contributed by atoms with Crippen molar-refractivity contribution in [1.82, 2.24) is 4.57 Å². The maximum atomic E-state index is 6.28. The van der Waals surface area contributed by atoms with E-state index in [1.807, 2.05) is 12.1 Å². The Balaban J connectivity index is 0.805. The second kappa shape index (κ2) is 16.7. The standard InChI is InChI=1S/C68H44N2O/c1-2-15-57-52(12-1)43-64(59-17-4-3-16-58(57)59)48-30-39-55(40-31-48)69(54-35-26-47(27-36-54)51-32-41-63-62-20-7-10-23-67(62)71-68(63)44-51)53-33-24-45(25-34-53)49-13-11-14-50(42-49)46-28-37-56(38-29-46)70-65-21-8-5-18-60(65)61-19-6-9-22-66(61)70/h1-44H. The van der Waals surface area contributed by atoms with Gasteiger partial charge in [0.2, 0.25) is 0 Å². The summed E-state index contributed by atoms with van der Waals surface area (Å²) in [4.78, 5) is 2.35. The smallest absolute Gasteiger partial charge is 0.136 e. The molecule has 0 spiro atoms. The maximum Gasteiger partial charge on any atom is 0.136 e. The summed E-state index contributed by atoms with van der Waals surface area (Å²) < 4.78 is 8.65. The molecular weight excluding hydrogens is 861 g/mol. The molecule has 0 aliphatic rings. The van der Waals surface area contributed by atoms with Crippen molar-refractivity contribution in [3.8, 4) is 50.2 Å². The first kappa shape index (κ1) is 40.6. The quantitative estimate of drug-likeness (QED) is 0.142. The predicted octanol–water partition coefficient (Wildman–Crippen LogP) is 19.1.